The first-order valence-corrected chi connectivity index (χ1v) is 11.0. The number of likely N-dealkylation sites (tertiary alicyclic amines) is 1. The summed E-state index contributed by atoms with van der Waals surface area (Å²) >= 11 is 0. The molecule has 2 aromatic rings. The number of benzene rings is 1. The van der Waals surface area contributed by atoms with Gasteiger partial charge in [-0.25, -0.2) is 4.98 Å². The molecule has 0 bridgehead atoms. The zero-order chi connectivity index (χ0) is 21.6. The van der Waals surface area contributed by atoms with Crippen LogP contribution >= 0.6 is 0 Å². The molecule has 31 heavy (non-hydrogen) atoms. The Hall–Kier alpha value is -2.93. The van der Waals surface area contributed by atoms with E-state index in [1.54, 1.807) is 11.8 Å². The Bertz CT molecular complexity index is 912. The number of hydrogen-bond donors (Lipinski definition) is 0. The summed E-state index contributed by atoms with van der Waals surface area (Å²) in [5, 5.41) is 0. The van der Waals surface area contributed by atoms with Crippen molar-refractivity contribution >= 4 is 17.7 Å². The summed E-state index contributed by atoms with van der Waals surface area (Å²) in [6.45, 7) is 5.79. The Kier molecular flexibility index (Phi) is 6.82. The van der Waals surface area contributed by atoms with Crippen molar-refractivity contribution in [3.05, 3.63) is 48.0 Å². The molecule has 0 unspecified atom stereocenters. The van der Waals surface area contributed by atoms with Gasteiger partial charge in [-0.3, -0.25) is 9.59 Å². The maximum Gasteiger partial charge on any atom is 0.310 e. The van der Waals surface area contributed by atoms with Crippen molar-refractivity contribution in [1.82, 2.24) is 9.88 Å². The average molecular weight is 424 g/mol. The molecule has 2 saturated heterocycles. The Balaban J connectivity index is 1.63. The van der Waals surface area contributed by atoms with Gasteiger partial charge >= 0.3 is 5.97 Å². The van der Waals surface area contributed by atoms with Crippen molar-refractivity contribution < 1.29 is 19.1 Å². The smallest absolute Gasteiger partial charge is 0.310 e. The van der Waals surface area contributed by atoms with Gasteiger partial charge in [-0.2, -0.15) is 0 Å². The van der Waals surface area contributed by atoms with E-state index < -0.39 is 0 Å². The highest BCUT2D eigenvalue weighted by Gasteiger charge is 2.32. The van der Waals surface area contributed by atoms with Crippen molar-refractivity contribution in [2.45, 2.75) is 19.8 Å². The lowest BCUT2D eigenvalue weighted by Crippen LogP contribution is -2.44. The van der Waals surface area contributed by atoms with Gasteiger partial charge in [0.15, 0.2) is 0 Å². The van der Waals surface area contributed by atoms with Gasteiger partial charge in [0, 0.05) is 31.7 Å². The van der Waals surface area contributed by atoms with Crippen LogP contribution in [0.15, 0.2) is 42.5 Å². The second kappa shape index (κ2) is 9.92. The van der Waals surface area contributed by atoms with E-state index in [2.05, 4.69) is 4.90 Å². The van der Waals surface area contributed by atoms with Crippen molar-refractivity contribution in [1.29, 1.82) is 0 Å². The van der Waals surface area contributed by atoms with E-state index in [-0.39, 0.29) is 17.8 Å². The fraction of sp³-hybridized carbons (Fsp3) is 0.458. The lowest BCUT2D eigenvalue weighted by atomic mass is 9.97. The molecule has 0 saturated carbocycles. The number of amides is 1. The van der Waals surface area contributed by atoms with Gasteiger partial charge in [-0.15, -0.1) is 0 Å². The van der Waals surface area contributed by atoms with Crippen LogP contribution in [0, 0.1) is 5.92 Å². The number of aromatic nitrogens is 1. The highest BCUT2D eigenvalue weighted by Crippen LogP contribution is 2.28. The minimum atomic E-state index is -0.263. The van der Waals surface area contributed by atoms with Gasteiger partial charge in [0.25, 0.3) is 5.91 Å². The Morgan fingerprint density at radius 2 is 1.87 bits per heavy atom. The zero-order valence-electron chi connectivity index (χ0n) is 18.0. The molecule has 0 radical (unpaired) electrons. The predicted octanol–water partition coefficient (Wildman–Crippen LogP) is 3.00. The van der Waals surface area contributed by atoms with Crippen LogP contribution in [0.2, 0.25) is 0 Å². The summed E-state index contributed by atoms with van der Waals surface area (Å²) in [4.78, 5) is 34.5. The number of morpholine rings is 1. The molecular weight excluding hydrogens is 394 g/mol. The second-order valence-corrected chi connectivity index (χ2v) is 7.88. The molecule has 1 amide bonds. The third-order valence-electron chi connectivity index (χ3n) is 5.81. The molecule has 4 rings (SSSR count). The standard InChI is InChI=1S/C24H29N3O4/c1-2-31-24(29)19-9-6-12-27(17-19)23(28)20-10-11-21(18-7-4-3-5-8-18)25-22(20)26-13-15-30-16-14-26/h3-5,7-8,10-11,19H,2,6,9,12-17H2,1H3/t19-/m0/s1. The SMILES string of the molecule is CCOC(=O)[C@H]1CCCN(C(=O)c2ccc(-c3ccccc3)nc2N2CCOCC2)C1. The minimum absolute atomic E-state index is 0.0809. The van der Waals surface area contributed by atoms with Crippen LogP contribution in [0.3, 0.4) is 0 Å². The number of carbonyl (C=O) groups excluding carboxylic acids is 2. The normalized spacial score (nSPS) is 19.2. The molecule has 1 aromatic carbocycles. The van der Waals surface area contributed by atoms with Gasteiger partial charge in [-0.05, 0) is 31.9 Å². The van der Waals surface area contributed by atoms with Crippen LogP contribution in [0.1, 0.15) is 30.1 Å². The van der Waals surface area contributed by atoms with Crippen molar-refractivity contribution in [3.8, 4) is 11.3 Å². The molecule has 3 heterocycles. The maximum atomic E-state index is 13.5. The van der Waals surface area contributed by atoms with E-state index in [0.29, 0.717) is 57.4 Å². The summed E-state index contributed by atoms with van der Waals surface area (Å²) in [6.07, 6.45) is 1.54. The van der Waals surface area contributed by atoms with Crippen LogP contribution in [0.5, 0.6) is 0 Å². The Morgan fingerprint density at radius 3 is 2.61 bits per heavy atom. The van der Waals surface area contributed by atoms with E-state index in [1.165, 1.54) is 0 Å². The molecule has 7 nitrogen and oxygen atoms in total. The van der Waals surface area contributed by atoms with Crippen LogP contribution in [-0.2, 0) is 14.3 Å². The first kappa shape index (κ1) is 21.3. The molecule has 0 N–H and O–H groups in total. The third-order valence-corrected chi connectivity index (χ3v) is 5.81. The van der Waals surface area contributed by atoms with Crippen LogP contribution in [-0.4, -0.2) is 67.8 Å². The summed E-state index contributed by atoms with van der Waals surface area (Å²) in [7, 11) is 0. The predicted molar refractivity (Wildman–Crippen MR) is 118 cm³/mol. The van der Waals surface area contributed by atoms with Crippen LogP contribution < -0.4 is 4.90 Å². The van der Waals surface area contributed by atoms with Crippen LogP contribution in [0.4, 0.5) is 5.82 Å². The first-order valence-electron chi connectivity index (χ1n) is 11.0. The summed E-state index contributed by atoms with van der Waals surface area (Å²) < 4.78 is 10.7. The number of ether oxygens (including phenoxy) is 2. The lowest BCUT2D eigenvalue weighted by molar-refractivity contribution is -0.149. The summed E-state index contributed by atoms with van der Waals surface area (Å²) in [6, 6.07) is 13.7. The summed E-state index contributed by atoms with van der Waals surface area (Å²) in [5.74, 6) is 0.127. The van der Waals surface area contributed by atoms with Gasteiger partial charge in [0.2, 0.25) is 0 Å². The number of esters is 1. The Labute approximate surface area is 183 Å². The van der Waals surface area contributed by atoms with Crippen molar-refractivity contribution in [2.24, 2.45) is 5.92 Å². The fourth-order valence-corrected chi connectivity index (χ4v) is 4.19. The topological polar surface area (TPSA) is 72.0 Å². The van der Waals surface area contributed by atoms with Gasteiger partial charge in [0.05, 0.1) is 37.0 Å². The quantitative estimate of drug-likeness (QED) is 0.689. The molecule has 0 spiro atoms. The van der Waals surface area contributed by atoms with Gasteiger partial charge in [0.1, 0.15) is 5.82 Å². The lowest BCUT2D eigenvalue weighted by Gasteiger charge is -2.34. The van der Waals surface area contributed by atoms with Crippen LogP contribution in [0.25, 0.3) is 11.3 Å². The molecular formula is C24H29N3O4. The number of carbonyl (C=O) groups is 2. The molecule has 2 aliphatic rings. The first-order chi connectivity index (χ1) is 15.2. The van der Waals surface area contributed by atoms with E-state index in [1.807, 2.05) is 42.5 Å². The number of hydrogen-bond acceptors (Lipinski definition) is 6. The molecule has 7 heteroatoms. The highest BCUT2D eigenvalue weighted by atomic mass is 16.5. The van der Waals surface area contributed by atoms with Gasteiger partial charge in [-0.1, -0.05) is 30.3 Å². The third kappa shape index (κ3) is 4.88. The molecule has 1 aromatic heterocycles. The van der Waals surface area contributed by atoms with Gasteiger partial charge < -0.3 is 19.3 Å². The largest absolute Gasteiger partial charge is 0.466 e. The number of nitrogens with zero attached hydrogens (tertiary/aromatic N) is 3. The number of anilines is 1. The highest BCUT2D eigenvalue weighted by molar-refractivity contribution is 5.99. The van der Waals surface area contributed by atoms with E-state index in [9.17, 15) is 9.59 Å². The van der Waals surface area contributed by atoms with E-state index in [4.69, 9.17) is 14.5 Å². The number of piperidine rings is 1. The fourth-order valence-electron chi connectivity index (χ4n) is 4.19. The average Bonchev–Trinajstić information content (AvgIpc) is 2.84. The Morgan fingerprint density at radius 1 is 1.10 bits per heavy atom. The molecule has 2 aliphatic heterocycles. The molecule has 164 valence electrons. The molecule has 1 atom stereocenters. The van der Waals surface area contributed by atoms with E-state index >= 15 is 0 Å². The molecule has 2 fully saturated rings. The summed E-state index contributed by atoms with van der Waals surface area (Å²) in [5.41, 5.74) is 2.42. The molecule has 0 aliphatic carbocycles. The number of rotatable bonds is 5. The van der Waals surface area contributed by atoms with Crippen molar-refractivity contribution in [3.63, 3.8) is 0 Å². The maximum absolute atomic E-state index is 13.5. The number of pyridine rings is 1. The zero-order valence-corrected chi connectivity index (χ0v) is 18.0. The second-order valence-electron chi connectivity index (χ2n) is 7.88. The monoisotopic (exact) mass is 423 g/mol. The van der Waals surface area contributed by atoms with E-state index in [0.717, 1.165) is 24.1 Å². The van der Waals surface area contributed by atoms with Crippen molar-refractivity contribution in [2.75, 3.05) is 50.9 Å². The minimum Gasteiger partial charge on any atom is -0.466 e.